The smallest absolute Gasteiger partial charge is 0.0387 e. The molecule has 0 spiro atoms. The number of hydrogen-bond donors (Lipinski definition) is 1. The Morgan fingerprint density at radius 2 is 2.10 bits per heavy atom. The lowest BCUT2D eigenvalue weighted by Gasteiger charge is -2.22. The predicted molar refractivity (Wildman–Crippen MR) is 46.7 cm³/mol. The summed E-state index contributed by atoms with van der Waals surface area (Å²) in [5.74, 6) is 0. The Hall–Kier alpha value is -0.370. The third-order valence-electron chi connectivity index (χ3n) is 1.60. The maximum absolute atomic E-state index is 3.83. The van der Waals surface area contributed by atoms with Gasteiger partial charge < -0.3 is 10.3 Å². The van der Waals surface area contributed by atoms with Crippen molar-refractivity contribution < 1.29 is 0 Å². The van der Waals surface area contributed by atoms with Crippen LogP contribution in [0.4, 0.5) is 0 Å². The standard InChI is InChI=1S/C8H18N2/c1-8(2,7-10-4)5-6-9-3/h10H,3,5-7H2,1-2,4H3. The van der Waals surface area contributed by atoms with E-state index in [4.69, 9.17) is 0 Å². The molecule has 0 atom stereocenters. The average Bonchev–Trinajstić information content (AvgIpc) is 1.84. The van der Waals surface area contributed by atoms with Gasteiger partial charge in [-0.2, -0.15) is 0 Å². The van der Waals surface area contributed by atoms with Crippen LogP contribution in [-0.2, 0) is 0 Å². The molecule has 1 N–H and O–H groups in total. The fourth-order valence-electron chi connectivity index (χ4n) is 0.949. The van der Waals surface area contributed by atoms with Crippen LogP contribution in [0.15, 0.2) is 4.99 Å². The summed E-state index contributed by atoms with van der Waals surface area (Å²) in [6.07, 6.45) is 1.11. The van der Waals surface area contributed by atoms with Crippen LogP contribution in [0.5, 0.6) is 0 Å². The Morgan fingerprint density at radius 3 is 2.50 bits per heavy atom. The first-order chi connectivity index (χ1) is 4.62. The molecule has 0 aliphatic carbocycles. The minimum atomic E-state index is 0.357. The second kappa shape index (κ2) is 4.45. The van der Waals surface area contributed by atoms with Crippen molar-refractivity contribution in [2.45, 2.75) is 20.3 Å². The largest absolute Gasteiger partial charge is 0.319 e. The quantitative estimate of drug-likeness (QED) is 0.575. The molecule has 0 saturated heterocycles. The molecule has 60 valence electrons. The molecular weight excluding hydrogens is 124 g/mol. The molecular formula is C8H18N2. The summed E-state index contributed by atoms with van der Waals surface area (Å²) in [5.41, 5.74) is 0.357. The van der Waals surface area contributed by atoms with Crippen molar-refractivity contribution in [2.24, 2.45) is 10.4 Å². The van der Waals surface area contributed by atoms with Crippen molar-refractivity contribution >= 4 is 6.72 Å². The lowest BCUT2D eigenvalue weighted by atomic mass is 9.89. The van der Waals surface area contributed by atoms with Gasteiger partial charge >= 0.3 is 0 Å². The highest BCUT2D eigenvalue weighted by molar-refractivity contribution is 5.23. The molecule has 0 radical (unpaired) electrons. The first kappa shape index (κ1) is 9.63. The van der Waals surface area contributed by atoms with Gasteiger partial charge in [0.1, 0.15) is 0 Å². The van der Waals surface area contributed by atoms with E-state index in [1.807, 2.05) is 7.05 Å². The highest BCUT2D eigenvalue weighted by Crippen LogP contribution is 2.18. The number of nitrogens with one attached hydrogen (secondary N) is 1. The third kappa shape index (κ3) is 4.50. The van der Waals surface area contributed by atoms with Gasteiger partial charge in [0.15, 0.2) is 0 Å². The molecule has 0 saturated carbocycles. The minimum absolute atomic E-state index is 0.357. The second-order valence-corrected chi connectivity index (χ2v) is 3.39. The zero-order chi connectivity index (χ0) is 8.04. The fraction of sp³-hybridized carbons (Fsp3) is 0.875. The van der Waals surface area contributed by atoms with E-state index in [-0.39, 0.29) is 0 Å². The Balaban J connectivity index is 3.51. The Bertz CT molecular complexity index is 97.4. The van der Waals surface area contributed by atoms with Gasteiger partial charge in [0.05, 0.1) is 0 Å². The van der Waals surface area contributed by atoms with Crippen LogP contribution in [0.2, 0.25) is 0 Å². The van der Waals surface area contributed by atoms with Gasteiger partial charge in [-0.3, -0.25) is 0 Å². The van der Waals surface area contributed by atoms with E-state index < -0.39 is 0 Å². The summed E-state index contributed by atoms with van der Waals surface area (Å²) in [4.78, 5) is 3.83. The zero-order valence-corrected chi connectivity index (χ0v) is 7.28. The van der Waals surface area contributed by atoms with Crippen molar-refractivity contribution in [1.29, 1.82) is 0 Å². The molecule has 0 fully saturated rings. The first-order valence-electron chi connectivity index (χ1n) is 3.69. The maximum Gasteiger partial charge on any atom is 0.0387 e. The Kier molecular flexibility index (Phi) is 4.28. The van der Waals surface area contributed by atoms with Crippen LogP contribution < -0.4 is 5.32 Å². The fourth-order valence-corrected chi connectivity index (χ4v) is 0.949. The maximum atomic E-state index is 3.83. The van der Waals surface area contributed by atoms with E-state index in [9.17, 15) is 0 Å². The number of nitrogens with zero attached hydrogens (tertiary/aromatic N) is 1. The SMILES string of the molecule is C=NCCC(C)(C)CNC. The molecule has 10 heavy (non-hydrogen) atoms. The highest BCUT2D eigenvalue weighted by Gasteiger charge is 2.14. The van der Waals surface area contributed by atoms with E-state index in [1.165, 1.54) is 0 Å². The minimum Gasteiger partial charge on any atom is -0.319 e. The van der Waals surface area contributed by atoms with Crippen LogP contribution >= 0.6 is 0 Å². The van der Waals surface area contributed by atoms with Gasteiger partial charge in [-0.15, -0.1) is 0 Å². The van der Waals surface area contributed by atoms with E-state index in [0.29, 0.717) is 5.41 Å². The molecule has 0 aliphatic heterocycles. The Labute approximate surface area is 63.7 Å². The molecule has 0 bridgehead atoms. The molecule has 2 heteroatoms. The van der Waals surface area contributed by atoms with E-state index in [0.717, 1.165) is 19.5 Å². The van der Waals surface area contributed by atoms with E-state index >= 15 is 0 Å². The molecule has 0 aromatic rings. The summed E-state index contributed by atoms with van der Waals surface area (Å²) in [6, 6.07) is 0. The van der Waals surface area contributed by atoms with E-state index in [1.54, 1.807) is 0 Å². The molecule has 0 amide bonds. The van der Waals surface area contributed by atoms with Gasteiger partial charge in [-0.05, 0) is 25.6 Å². The number of aliphatic imine (C=N–C) groups is 1. The summed E-state index contributed by atoms with van der Waals surface area (Å²) in [6.45, 7) is 9.83. The van der Waals surface area contributed by atoms with Crippen molar-refractivity contribution in [3.8, 4) is 0 Å². The molecule has 0 unspecified atom stereocenters. The number of hydrogen-bond acceptors (Lipinski definition) is 2. The molecule has 2 nitrogen and oxygen atoms in total. The Morgan fingerprint density at radius 1 is 1.50 bits per heavy atom. The van der Waals surface area contributed by atoms with Gasteiger partial charge in [0.25, 0.3) is 0 Å². The monoisotopic (exact) mass is 142 g/mol. The van der Waals surface area contributed by atoms with Gasteiger partial charge in [0.2, 0.25) is 0 Å². The van der Waals surface area contributed by atoms with Crippen molar-refractivity contribution in [1.82, 2.24) is 5.32 Å². The molecule has 0 heterocycles. The zero-order valence-electron chi connectivity index (χ0n) is 7.28. The lowest BCUT2D eigenvalue weighted by Crippen LogP contribution is -2.27. The molecule has 0 aromatic heterocycles. The second-order valence-electron chi connectivity index (χ2n) is 3.39. The third-order valence-corrected chi connectivity index (χ3v) is 1.60. The van der Waals surface area contributed by atoms with Crippen molar-refractivity contribution in [3.63, 3.8) is 0 Å². The van der Waals surface area contributed by atoms with Crippen molar-refractivity contribution in [2.75, 3.05) is 20.1 Å². The van der Waals surface area contributed by atoms with Crippen molar-refractivity contribution in [3.05, 3.63) is 0 Å². The number of rotatable bonds is 5. The average molecular weight is 142 g/mol. The highest BCUT2D eigenvalue weighted by atomic mass is 14.8. The topological polar surface area (TPSA) is 24.4 Å². The molecule has 0 aromatic carbocycles. The van der Waals surface area contributed by atoms with Gasteiger partial charge in [0, 0.05) is 13.1 Å². The summed E-state index contributed by atoms with van der Waals surface area (Å²) in [5, 5.41) is 3.15. The normalized spacial score (nSPS) is 11.5. The van der Waals surface area contributed by atoms with Crippen LogP contribution in [0.3, 0.4) is 0 Å². The van der Waals surface area contributed by atoms with Gasteiger partial charge in [-0.25, -0.2) is 0 Å². The van der Waals surface area contributed by atoms with Crippen LogP contribution in [-0.4, -0.2) is 26.9 Å². The molecule has 0 rings (SSSR count). The summed E-state index contributed by atoms with van der Waals surface area (Å²) >= 11 is 0. The van der Waals surface area contributed by atoms with Crippen LogP contribution in [0.25, 0.3) is 0 Å². The van der Waals surface area contributed by atoms with E-state index in [2.05, 4.69) is 30.9 Å². The summed E-state index contributed by atoms with van der Waals surface area (Å²) in [7, 11) is 1.98. The first-order valence-corrected chi connectivity index (χ1v) is 3.69. The van der Waals surface area contributed by atoms with Crippen LogP contribution in [0.1, 0.15) is 20.3 Å². The lowest BCUT2D eigenvalue weighted by molar-refractivity contribution is 0.330. The predicted octanol–water partition coefficient (Wildman–Crippen LogP) is 1.32. The van der Waals surface area contributed by atoms with Crippen LogP contribution in [0, 0.1) is 5.41 Å². The molecule has 0 aliphatic rings. The van der Waals surface area contributed by atoms with Gasteiger partial charge in [-0.1, -0.05) is 13.8 Å². The summed E-state index contributed by atoms with van der Waals surface area (Å²) < 4.78 is 0.